The number of carbonyl (C=O) groups is 1. The lowest BCUT2D eigenvalue weighted by Crippen LogP contribution is -2.26. The predicted octanol–water partition coefficient (Wildman–Crippen LogP) is 2.51. The molecule has 0 atom stereocenters. The summed E-state index contributed by atoms with van der Waals surface area (Å²) in [5.41, 5.74) is -6.13. The summed E-state index contributed by atoms with van der Waals surface area (Å²) in [6.45, 7) is 1.05. The molecule has 1 heterocycles. The summed E-state index contributed by atoms with van der Waals surface area (Å²) in [4.78, 5) is 24.2. The first kappa shape index (κ1) is 15.1. The monoisotopic (exact) mass is 285 g/mol. The smallest absolute Gasteiger partial charge is 0.418 e. The fraction of sp³-hybridized carbons (Fsp3) is 0.400. The van der Waals surface area contributed by atoms with Crippen LogP contribution in [0.15, 0.2) is 11.0 Å². The minimum absolute atomic E-state index is 0.104. The van der Waals surface area contributed by atoms with Gasteiger partial charge in [-0.3, -0.25) is 4.79 Å². The van der Waals surface area contributed by atoms with Gasteiger partial charge in [0.2, 0.25) is 0 Å². The fourth-order valence-electron chi connectivity index (χ4n) is 1.41. The van der Waals surface area contributed by atoms with Gasteiger partial charge in [0.25, 0.3) is 12.0 Å². The Labute approximate surface area is 103 Å². The molecule has 19 heavy (non-hydrogen) atoms. The van der Waals surface area contributed by atoms with Gasteiger partial charge in [-0.1, -0.05) is 0 Å². The van der Waals surface area contributed by atoms with Crippen LogP contribution in [0.4, 0.5) is 22.0 Å². The SMILES string of the molecule is CCOC(=O)c1c(C(F)F)c(C(F)(F)F)c[nH]c1=O. The maximum Gasteiger partial charge on any atom is 0.418 e. The third-order valence-corrected chi connectivity index (χ3v) is 2.14. The maximum absolute atomic E-state index is 12.7. The second kappa shape index (κ2) is 5.37. The third-order valence-electron chi connectivity index (χ3n) is 2.14. The van der Waals surface area contributed by atoms with Crippen LogP contribution in [-0.2, 0) is 10.9 Å². The zero-order valence-electron chi connectivity index (χ0n) is 9.48. The van der Waals surface area contributed by atoms with Crippen molar-refractivity contribution in [1.29, 1.82) is 0 Å². The lowest BCUT2D eigenvalue weighted by atomic mass is 10.0. The number of carbonyl (C=O) groups excluding carboxylic acids is 1. The van der Waals surface area contributed by atoms with Crippen LogP contribution < -0.4 is 5.56 Å². The molecule has 0 aliphatic heterocycles. The molecule has 106 valence electrons. The molecular weight excluding hydrogens is 277 g/mol. The van der Waals surface area contributed by atoms with Gasteiger partial charge in [0.05, 0.1) is 17.7 Å². The van der Waals surface area contributed by atoms with E-state index in [1.165, 1.54) is 6.92 Å². The summed E-state index contributed by atoms with van der Waals surface area (Å²) in [7, 11) is 0. The van der Waals surface area contributed by atoms with E-state index in [-0.39, 0.29) is 12.8 Å². The Balaban J connectivity index is 3.61. The number of nitrogens with one attached hydrogen (secondary N) is 1. The van der Waals surface area contributed by atoms with Gasteiger partial charge in [0.1, 0.15) is 5.56 Å². The molecule has 0 saturated carbocycles. The second-order valence-corrected chi connectivity index (χ2v) is 3.34. The number of hydrogen-bond donors (Lipinski definition) is 1. The van der Waals surface area contributed by atoms with Gasteiger partial charge in [0.15, 0.2) is 0 Å². The molecule has 0 aliphatic rings. The van der Waals surface area contributed by atoms with Crippen molar-refractivity contribution >= 4 is 5.97 Å². The highest BCUT2D eigenvalue weighted by Gasteiger charge is 2.39. The van der Waals surface area contributed by atoms with E-state index in [0.29, 0.717) is 0 Å². The van der Waals surface area contributed by atoms with E-state index in [2.05, 4.69) is 4.74 Å². The van der Waals surface area contributed by atoms with E-state index in [1.54, 1.807) is 4.98 Å². The molecule has 0 aromatic carbocycles. The number of pyridine rings is 1. The molecule has 0 radical (unpaired) electrons. The Morgan fingerprint density at radius 3 is 2.42 bits per heavy atom. The van der Waals surface area contributed by atoms with Crippen LogP contribution in [0, 0.1) is 0 Å². The third kappa shape index (κ3) is 3.09. The van der Waals surface area contributed by atoms with Crippen molar-refractivity contribution in [3.8, 4) is 0 Å². The number of rotatable bonds is 3. The lowest BCUT2D eigenvalue weighted by Gasteiger charge is -2.14. The number of aromatic amines is 1. The molecule has 1 rings (SSSR count). The molecule has 0 saturated heterocycles. The van der Waals surface area contributed by atoms with Crippen molar-refractivity contribution in [2.24, 2.45) is 0 Å². The van der Waals surface area contributed by atoms with Crippen molar-refractivity contribution in [1.82, 2.24) is 4.98 Å². The Kier molecular flexibility index (Phi) is 4.28. The molecule has 0 bridgehead atoms. The van der Waals surface area contributed by atoms with Gasteiger partial charge < -0.3 is 9.72 Å². The Morgan fingerprint density at radius 1 is 1.42 bits per heavy atom. The van der Waals surface area contributed by atoms with Crippen molar-refractivity contribution in [2.75, 3.05) is 6.61 Å². The van der Waals surface area contributed by atoms with Crippen molar-refractivity contribution in [2.45, 2.75) is 19.5 Å². The second-order valence-electron chi connectivity index (χ2n) is 3.34. The number of aromatic nitrogens is 1. The number of esters is 1. The van der Waals surface area contributed by atoms with E-state index in [4.69, 9.17) is 0 Å². The lowest BCUT2D eigenvalue weighted by molar-refractivity contribution is -0.139. The molecule has 0 aliphatic carbocycles. The summed E-state index contributed by atoms with van der Waals surface area (Å²) < 4.78 is 67.5. The number of halogens is 5. The maximum atomic E-state index is 12.7. The van der Waals surface area contributed by atoms with Crippen molar-refractivity contribution < 1.29 is 31.5 Å². The summed E-state index contributed by atoms with van der Waals surface area (Å²) in [5, 5.41) is 0. The molecule has 1 aromatic rings. The van der Waals surface area contributed by atoms with E-state index in [9.17, 15) is 31.5 Å². The van der Waals surface area contributed by atoms with Crippen LogP contribution in [-0.4, -0.2) is 17.6 Å². The first-order valence-electron chi connectivity index (χ1n) is 4.98. The molecule has 0 spiro atoms. The predicted molar refractivity (Wildman–Crippen MR) is 53.0 cm³/mol. The summed E-state index contributed by atoms with van der Waals surface area (Å²) in [5.74, 6) is -1.52. The standard InChI is InChI=1S/C10H8F5NO3/c1-2-19-9(18)6-5(7(11)12)4(10(13,14)15)3-16-8(6)17/h3,7H,2H2,1H3,(H,16,17). The van der Waals surface area contributed by atoms with Crippen LogP contribution >= 0.6 is 0 Å². The van der Waals surface area contributed by atoms with Crippen molar-refractivity contribution in [3.05, 3.63) is 33.2 Å². The highest BCUT2D eigenvalue weighted by Crippen LogP contribution is 2.36. The molecule has 1 aromatic heterocycles. The van der Waals surface area contributed by atoms with E-state index in [0.717, 1.165) is 0 Å². The first-order valence-corrected chi connectivity index (χ1v) is 4.98. The van der Waals surface area contributed by atoms with Crippen LogP contribution in [0.5, 0.6) is 0 Å². The largest absolute Gasteiger partial charge is 0.462 e. The summed E-state index contributed by atoms with van der Waals surface area (Å²) in [6.07, 6.45) is -8.66. The average molecular weight is 285 g/mol. The quantitative estimate of drug-likeness (QED) is 0.685. The minimum atomic E-state index is -5.13. The van der Waals surface area contributed by atoms with E-state index in [1.807, 2.05) is 0 Å². The van der Waals surface area contributed by atoms with Crippen LogP contribution in [0.1, 0.15) is 34.8 Å². The number of hydrogen-bond acceptors (Lipinski definition) is 3. The van der Waals surface area contributed by atoms with Crippen LogP contribution in [0.25, 0.3) is 0 Å². The van der Waals surface area contributed by atoms with Gasteiger partial charge >= 0.3 is 12.1 Å². The van der Waals surface area contributed by atoms with Gasteiger partial charge in [-0.2, -0.15) is 13.2 Å². The Morgan fingerprint density at radius 2 is 2.00 bits per heavy atom. The van der Waals surface area contributed by atoms with Gasteiger partial charge in [-0.25, -0.2) is 13.6 Å². The Bertz CT molecular complexity index is 535. The molecule has 0 amide bonds. The summed E-state index contributed by atoms with van der Waals surface area (Å²) >= 11 is 0. The topological polar surface area (TPSA) is 59.2 Å². The number of H-pyrrole nitrogens is 1. The number of alkyl halides is 5. The van der Waals surface area contributed by atoms with Gasteiger partial charge in [0, 0.05) is 6.20 Å². The average Bonchev–Trinajstić information content (AvgIpc) is 2.26. The highest BCUT2D eigenvalue weighted by molar-refractivity contribution is 5.91. The van der Waals surface area contributed by atoms with Gasteiger partial charge in [-0.15, -0.1) is 0 Å². The van der Waals surface area contributed by atoms with Crippen LogP contribution in [0.3, 0.4) is 0 Å². The first-order chi connectivity index (χ1) is 8.70. The van der Waals surface area contributed by atoms with Crippen molar-refractivity contribution in [3.63, 3.8) is 0 Å². The molecule has 1 N–H and O–H groups in total. The van der Waals surface area contributed by atoms with Gasteiger partial charge in [-0.05, 0) is 6.92 Å². The minimum Gasteiger partial charge on any atom is -0.462 e. The molecule has 9 heteroatoms. The highest BCUT2D eigenvalue weighted by atomic mass is 19.4. The molecule has 0 fully saturated rings. The van der Waals surface area contributed by atoms with Crippen LogP contribution in [0.2, 0.25) is 0 Å². The van der Waals surface area contributed by atoms with E-state index >= 15 is 0 Å². The normalized spacial score (nSPS) is 11.7. The zero-order valence-corrected chi connectivity index (χ0v) is 9.48. The van der Waals surface area contributed by atoms with E-state index < -0.39 is 40.8 Å². The Hall–Kier alpha value is -1.93. The molecule has 4 nitrogen and oxygen atoms in total. The molecule has 0 unspecified atom stereocenters. The number of ether oxygens (including phenoxy) is 1. The zero-order chi connectivity index (χ0) is 14.8. The summed E-state index contributed by atoms with van der Waals surface area (Å²) in [6, 6.07) is 0. The molecular formula is C10H8F5NO3. The fourth-order valence-corrected chi connectivity index (χ4v) is 1.41.